The first-order chi connectivity index (χ1) is 32.8. The number of pyridine rings is 3. The Hall–Kier alpha value is -8.79. The van der Waals surface area contributed by atoms with Gasteiger partial charge in [-0.25, -0.2) is 0 Å². The van der Waals surface area contributed by atoms with Crippen molar-refractivity contribution in [1.29, 1.82) is 0 Å². The molecule has 10 aromatic rings. The minimum absolute atomic E-state index is 1.12. The summed E-state index contributed by atoms with van der Waals surface area (Å²) in [5.41, 5.74) is 28.8. The largest absolute Gasteiger partial charge is 0.265 e. The molecule has 7 aromatic carbocycles. The predicted molar refractivity (Wildman–Crippen MR) is 270 cm³/mol. The third-order valence-corrected chi connectivity index (χ3v) is 13.5. The van der Waals surface area contributed by atoms with Gasteiger partial charge in [-0.3, -0.25) is 15.0 Å². The second-order valence-corrected chi connectivity index (χ2v) is 16.9. The molecule has 0 fully saturated rings. The van der Waals surface area contributed by atoms with Crippen LogP contribution in [0.1, 0.15) is 66.8 Å². The molecule has 3 heterocycles. The maximum atomic E-state index is 4.52. The van der Waals surface area contributed by atoms with E-state index in [0.29, 0.717) is 0 Å². The number of benzene rings is 7. The molecule has 0 bridgehead atoms. The minimum Gasteiger partial charge on any atom is -0.265 e. The summed E-state index contributed by atoms with van der Waals surface area (Å²) in [5.74, 6) is 0. The van der Waals surface area contributed by atoms with Crippen molar-refractivity contribution < 1.29 is 0 Å². The predicted octanol–water partition coefficient (Wildman–Crippen LogP) is 14.8. The summed E-state index contributed by atoms with van der Waals surface area (Å²) in [6.45, 7) is 0. The van der Waals surface area contributed by atoms with E-state index in [1.165, 1.54) is 100 Å². The Morgan fingerprint density at radius 3 is 0.667 bits per heavy atom. The molecule has 3 aromatic heterocycles. The summed E-state index contributed by atoms with van der Waals surface area (Å²) < 4.78 is 0. The zero-order valence-electron chi connectivity index (χ0n) is 35.9. The standard InChI is InChI=1S/C63H39N3/c1-4-16-40(17-5-1)52(43-28-34-64-35-29-43)55-46-22-10-13-25-49(46)58-61(55)59-50-26-14-11-23-47(50)56(53(41-18-6-2-7-19-41)44-30-36-65-37-31-44)63(59)60-51-27-15-12-24-48(51)57(62(58)60)54(42-20-8-3-9-21-42)45-32-38-66-39-33-45/h1-39H. The van der Waals surface area contributed by atoms with E-state index in [9.17, 15) is 0 Å². The van der Waals surface area contributed by atoms with Gasteiger partial charge in [0.05, 0.1) is 0 Å². The van der Waals surface area contributed by atoms with Gasteiger partial charge in [-0.05, 0) is 170 Å². The van der Waals surface area contributed by atoms with Gasteiger partial charge in [0.2, 0.25) is 0 Å². The Balaban J connectivity index is 1.33. The highest BCUT2D eigenvalue weighted by Crippen LogP contribution is 2.66. The summed E-state index contributed by atoms with van der Waals surface area (Å²) in [4.78, 5) is 13.6. The zero-order chi connectivity index (χ0) is 43.6. The molecular formula is C63H39N3. The summed E-state index contributed by atoms with van der Waals surface area (Å²) >= 11 is 0. The van der Waals surface area contributed by atoms with Crippen LogP contribution in [0.4, 0.5) is 0 Å². The first-order valence-electron chi connectivity index (χ1n) is 22.5. The van der Waals surface area contributed by atoms with E-state index in [1.807, 2.05) is 37.2 Å². The van der Waals surface area contributed by atoms with Crippen molar-refractivity contribution >= 4 is 33.4 Å². The van der Waals surface area contributed by atoms with Crippen LogP contribution in [-0.4, -0.2) is 15.0 Å². The lowest BCUT2D eigenvalue weighted by molar-refractivity contribution is 1.31. The van der Waals surface area contributed by atoms with Crippen molar-refractivity contribution in [3.63, 3.8) is 0 Å². The van der Waals surface area contributed by atoms with Gasteiger partial charge in [0.1, 0.15) is 0 Å². The highest BCUT2D eigenvalue weighted by atomic mass is 14.6. The summed E-state index contributed by atoms with van der Waals surface area (Å²) in [7, 11) is 0. The number of aromatic nitrogens is 3. The summed E-state index contributed by atoms with van der Waals surface area (Å²) in [5, 5.41) is 0. The molecular weight excluding hydrogens is 799 g/mol. The first-order valence-corrected chi connectivity index (χ1v) is 22.5. The van der Waals surface area contributed by atoms with Crippen LogP contribution in [0.3, 0.4) is 0 Å². The third kappa shape index (κ3) is 5.73. The molecule has 0 atom stereocenters. The Kier molecular flexibility index (Phi) is 8.85. The topological polar surface area (TPSA) is 38.7 Å². The van der Waals surface area contributed by atoms with Gasteiger partial charge in [-0.2, -0.15) is 0 Å². The molecule has 0 N–H and O–H groups in total. The van der Waals surface area contributed by atoms with Crippen LogP contribution >= 0.6 is 0 Å². The van der Waals surface area contributed by atoms with Gasteiger partial charge in [-0.1, -0.05) is 164 Å². The van der Waals surface area contributed by atoms with Crippen LogP contribution in [0.25, 0.3) is 66.8 Å². The van der Waals surface area contributed by atoms with Gasteiger partial charge < -0.3 is 0 Å². The lowest BCUT2D eigenvalue weighted by Crippen LogP contribution is -2.02. The van der Waals surface area contributed by atoms with Gasteiger partial charge in [0.15, 0.2) is 0 Å². The molecule has 0 amide bonds. The molecule has 3 nitrogen and oxygen atoms in total. The molecule has 0 radical (unpaired) electrons. The quantitative estimate of drug-likeness (QED) is 0.167. The number of hydrogen-bond donors (Lipinski definition) is 0. The molecule has 0 saturated heterocycles. The lowest BCUT2D eigenvalue weighted by Gasteiger charge is -2.23. The molecule has 66 heavy (non-hydrogen) atoms. The molecule has 3 aliphatic carbocycles. The van der Waals surface area contributed by atoms with Gasteiger partial charge >= 0.3 is 0 Å². The van der Waals surface area contributed by atoms with Gasteiger partial charge in [0, 0.05) is 37.2 Å². The second kappa shape index (κ2) is 15.5. The molecule has 0 spiro atoms. The smallest absolute Gasteiger partial charge is 0.0273 e. The Bertz CT molecular complexity index is 3100. The van der Waals surface area contributed by atoms with E-state index in [0.717, 1.165) is 33.4 Å². The first kappa shape index (κ1) is 37.7. The minimum atomic E-state index is 1.12. The normalized spacial score (nSPS) is 14.9. The van der Waals surface area contributed by atoms with E-state index in [2.05, 4.69) is 215 Å². The Labute approximate surface area is 384 Å². The monoisotopic (exact) mass is 837 g/mol. The van der Waals surface area contributed by atoms with Crippen LogP contribution < -0.4 is 0 Å². The van der Waals surface area contributed by atoms with Crippen molar-refractivity contribution in [2.24, 2.45) is 0 Å². The third-order valence-electron chi connectivity index (χ3n) is 13.5. The number of rotatable bonds is 6. The van der Waals surface area contributed by atoms with Crippen LogP contribution in [0.15, 0.2) is 237 Å². The fourth-order valence-electron chi connectivity index (χ4n) is 11.0. The van der Waals surface area contributed by atoms with Crippen molar-refractivity contribution in [2.45, 2.75) is 0 Å². The molecule has 13 rings (SSSR count). The molecule has 0 aliphatic heterocycles. The van der Waals surface area contributed by atoms with Crippen molar-refractivity contribution in [3.8, 4) is 33.4 Å². The number of nitrogens with zero attached hydrogens (tertiary/aromatic N) is 3. The van der Waals surface area contributed by atoms with Crippen LogP contribution in [-0.2, 0) is 0 Å². The molecule has 0 saturated carbocycles. The molecule has 306 valence electrons. The highest BCUT2D eigenvalue weighted by Gasteiger charge is 2.44. The Morgan fingerprint density at radius 1 is 0.197 bits per heavy atom. The zero-order valence-corrected chi connectivity index (χ0v) is 35.9. The fourth-order valence-corrected chi connectivity index (χ4v) is 11.0. The van der Waals surface area contributed by atoms with E-state index in [4.69, 9.17) is 0 Å². The van der Waals surface area contributed by atoms with Crippen LogP contribution in [0.2, 0.25) is 0 Å². The second-order valence-electron chi connectivity index (χ2n) is 16.9. The van der Waals surface area contributed by atoms with Gasteiger partial charge in [0.25, 0.3) is 0 Å². The summed E-state index contributed by atoms with van der Waals surface area (Å²) in [6, 6.07) is 73.1. The van der Waals surface area contributed by atoms with E-state index < -0.39 is 0 Å². The van der Waals surface area contributed by atoms with Crippen molar-refractivity contribution in [3.05, 3.63) is 304 Å². The maximum absolute atomic E-state index is 4.52. The van der Waals surface area contributed by atoms with Crippen molar-refractivity contribution in [2.75, 3.05) is 0 Å². The number of fused-ring (bicyclic) bond motifs is 12. The molecule has 3 heteroatoms. The van der Waals surface area contributed by atoms with Gasteiger partial charge in [-0.15, -0.1) is 0 Å². The highest BCUT2D eigenvalue weighted by molar-refractivity contribution is 6.30. The average molecular weight is 838 g/mol. The van der Waals surface area contributed by atoms with E-state index >= 15 is 0 Å². The van der Waals surface area contributed by atoms with E-state index in [1.54, 1.807) is 0 Å². The average Bonchev–Trinajstić information content (AvgIpc) is 4.03. The maximum Gasteiger partial charge on any atom is 0.0273 e. The Morgan fingerprint density at radius 2 is 0.409 bits per heavy atom. The van der Waals surface area contributed by atoms with Crippen molar-refractivity contribution in [1.82, 2.24) is 15.0 Å². The molecule has 3 aliphatic rings. The van der Waals surface area contributed by atoms with Crippen LogP contribution in [0, 0.1) is 0 Å². The number of hydrogen-bond acceptors (Lipinski definition) is 3. The SMILES string of the molecule is c1ccc(C(=C2c3ccccc3-c3c2c2c(c4c3C(=C(c3ccccc3)c3ccncc3)c3ccccc3-4)C(=C(c3ccccc3)c3ccncc3)c3ccccc3-2)c2ccncc2)cc1. The molecule has 0 unspecified atom stereocenters. The van der Waals surface area contributed by atoms with E-state index in [-0.39, 0.29) is 0 Å². The summed E-state index contributed by atoms with van der Waals surface area (Å²) in [6.07, 6.45) is 11.5. The van der Waals surface area contributed by atoms with Crippen LogP contribution in [0.5, 0.6) is 0 Å². The fraction of sp³-hybridized carbons (Fsp3) is 0. The lowest BCUT2D eigenvalue weighted by atomic mass is 9.79.